The zero-order valence-electron chi connectivity index (χ0n) is 13.9. The van der Waals surface area contributed by atoms with Crippen LogP contribution >= 0.6 is 0 Å². The lowest BCUT2D eigenvalue weighted by Gasteiger charge is -2.06. The fourth-order valence-corrected chi connectivity index (χ4v) is 2.83. The van der Waals surface area contributed by atoms with Crippen LogP contribution in [0.4, 0.5) is 0 Å². The van der Waals surface area contributed by atoms with Crippen LogP contribution in [-0.4, -0.2) is 21.6 Å². The Labute approximate surface area is 131 Å². The van der Waals surface area contributed by atoms with Crippen molar-refractivity contribution in [3.8, 4) is 0 Å². The Morgan fingerprint density at radius 3 is 1.38 bits per heavy atom. The van der Waals surface area contributed by atoms with E-state index in [1.807, 2.05) is 0 Å². The summed E-state index contributed by atoms with van der Waals surface area (Å²) < 4.78 is 32.4. The van der Waals surface area contributed by atoms with Gasteiger partial charge in [-0.2, -0.15) is 8.42 Å². The molecular weight excluding hydrogens is 288 g/mol. The summed E-state index contributed by atoms with van der Waals surface area (Å²) in [5.41, 5.74) is 0. The maximum atomic E-state index is 11.4. The van der Waals surface area contributed by atoms with Crippen molar-refractivity contribution in [2.75, 3.05) is 13.2 Å². The minimum absolute atomic E-state index is 0.230. The monoisotopic (exact) mass is 322 g/mol. The first-order valence-corrected chi connectivity index (χ1v) is 9.99. The summed E-state index contributed by atoms with van der Waals surface area (Å²) >= 11 is 0. The number of hydrogen-bond donors (Lipinski definition) is 0. The number of rotatable bonds is 16. The molecule has 0 aromatic carbocycles. The van der Waals surface area contributed by atoms with E-state index in [9.17, 15) is 8.42 Å². The van der Waals surface area contributed by atoms with E-state index in [2.05, 4.69) is 13.8 Å². The van der Waals surface area contributed by atoms with Gasteiger partial charge in [0.25, 0.3) is 0 Å². The topological polar surface area (TPSA) is 52.6 Å². The molecule has 0 saturated heterocycles. The van der Waals surface area contributed by atoms with E-state index in [1.165, 1.54) is 38.5 Å². The quantitative estimate of drug-likeness (QED) is 0.376. The standard InChI is InChI=1S/C16H34O4S/c1-3-5-7-8-9-10-11-12-14-16-20-21(17,18)19-15-13-6-4-2/h3-16H2,1-2H3. The van der Waals surface area contributed by atoms with Crippen molar-refractivity contribution in [2.45, 2.75) is 90.9 Å². The van der Waals surface area contributed by atoms with E-state index < -0.39 is 10.4 Å². The van der Waals surface area contributed by atoms with Gasteiger partial charge >= 0.3 is 10.4 Å². The first-order chi connectivity index (χ1) is 10.1. The van der Waals surface area contributed by atoms with Gasteiger partial charge in [0, 0.05) is 0 Å². The molecule has 0 rings (SSSR count). The molecule has 0 aromatic rings. The highest BCUT2D eigenvalue weighted by atomic mass is 32.3. The highest BCUT2D eigenvalue weighted by Crippen LogP contribution is 2.10. The molecule has 0 aliphatic rings. The van der Waals surface area contributed by atoms with Crippen molar-refractivity contribution >= 4 is 10.4 Å². The average Bonchev–Trinajstić information content (AvgIpc) is 2.45. The van der Waals surface area contributed by atoms with E-state index >= 15 is 0 Å². The van der Waals surface area contributed by atoms with E-state index in [1.54, 1.807) is 0 Å². The summed E-state index contributed by atoms with van der Waals surface area (Å²) in [5, 5.41) is 0. The molecule has 4 nitrogen and oxygen atoms in total. The van der Waals surface area contributed by atoms with Crippen LogP contribution in [0.25, 0.3) is 0 Å². The fourth-order valence-electron chi connectivity index (χ4n) is 2.12. The number of unbranched alkanes of at least 4 members (excludes halogenated alkanes) is 10. The minimum Gasteiger partial charge on any atom is -0.248 e. The normalized spacial score (nSPS) is 11.9. The van der Waals surface area contributed by atoms with Crippen LogP contribution in [0.5, 0.6) is 0 Å². The largest absolute Gasteiger partial charge is 0.399 e. The Morgan fingerprint density at radius 1 is 0.571 bits per heavy atom. The molecule has 0 saturated carbocycles. The van der Waals surface area contributed by atoms with Crippen LogP contribution in [0.2, 0.25) is 0 Å². The average molecular weight is 323 g/mol. The van der Waals surface area contributed by atoms with Crippen molar-refractivity contribution in [3.63, 3.8) is 0 Å². The Bertz CT molecular complexity index is 301. The number of hydrogen-bond acceptors (Lipinski definition) is 4. The molecule has 0 heterocycles. The van der Waals surface area contributed by atoms with E-state index in [0.29, 0.717) is 0 Å². The van der Waals surface area contributed by atoms with Crippen LogP contribution in [0.15, 0.2) is 0 Å². The van der Waals surface area contributed by atoms with Crippen LogP contribution in [0.1, 0.15) is 90.9 Å². The maximum Gasteiger partial charge on any atom is 0.399 e. The molecule has 5 heteroatoms. The molecule has 0 radical (unpaired) electrons. The molecule has 0 aliphatic carbocycles. The molecule has 0 spiro atoms. The SMILES string of the molecule is CCCCCCCCCCCOS(=O)(=O)OCCCCC. The summed E-state index contributed by atoms with van der Waals surface area (Å²) in [6, 6.07) is 0. The molecule has 128 valence electrons. The van der Waals surface area contributed by atoms with Crippen LogP contribution < -0.4 is 0 Å². The molecule has 0 bridgehead atoms. The van der Waals surface area contributed by atoms with Crippen molar-refractivity contribution in [2.24, 2.45) is 0 Å². The zero-order chi connectivity index (χ0) is 15.8. The van der Waals surface area contributed by atoms with Gasteiger partial charge in [-0.3, -0.25) is 0 Å². The van der Waals surface area contributed by atoms with Gasteiger partial charge in [-0.15, -0.1) is 0 Å². The first-order valence-electron chi connectivity index (χ1n) is 8.66. The molecule has 0 unspecified atom stereocenters. The second kappa shape index (κ2) is 14.8. The molecule has 0 aromatic heterocycles. The van der Waals surface area contributed by atoms with Gasteiger partial charge in [-0.1, -0.05) is 78.1 Å². The van der Waals surface area contributed by atoms with Crippen molar-refractivity contribution < 1.29 is 16.8 Å². The van der Waals surface area contributed by atoms with Crippen molar-refractivity contribution in [3.05, 3.63) is 0 Å². The van der Waals surface area contributed by atoms with Crippen LogP contribution in [0.3, 0.4) is 0 Å². The summed E-state index contributed by atoms with van der Waals surface area (Å²) in [5.74, 6) is 0. The van der Waals surface area contributed by atoms with Crippen LogP contribution in [-0.2, 0) is 18.8 Å². The van der Waals surface area contributed by atoms with E-state index in [-0.39, 0.29) is 13.2 Å². The third kappa shape index (κ3) is 16.1. The van der Waals surface area contributed by atoms with Gasteiger partial charge in [-0.25, -0.2) is 8.37 Å². The molecule has 0 aliphatic heterocycles. The van der Waals surface area contributed by atoms with Crippen molar-refractivity contribution in [1.82, 2.24) is 0 Å². The molecular formula is C16H34O4S. The Morgan fingerprint density at radius 2 is 0.905 bits per heavy atom. The highest BCUT2D eigenvalue weighted by Gasteiger charge is 2.10. The van der Waals surface area contributed by atoms with Gasteiger partial charge in [0.05, 0.1) is 13.2 Å². The second-order valence-electron chi connectivity index (χ2n) is 5.59. The summed E-state index contributed by atoms with van der Waals surface area (Å²) in [6.07, 6.45) is 13.6. The van der Waals surface area contributed by atoms with E-state index in [0.717, 1.165) is 38.5 Å². The lowest BCUT2D eigenvalue weighted by Crippen LogP contribution is -2.12. The van der Waals surface area contributed by atoms with Gasteiger partial charge < -0.3 is 0 Å². The van der Waals surface area contributed by atoms with E-state index in [4.69, 9.17) is 8.37 Å². The third-order valence-electron chi connectivity index (χ3n) is 3.45. The predicted octanol–water partition coefficient (Wildman–Crippen LogP) is 4.99. The third-order valence-corrected chi connectivity index (χ3v) is 4.36. The molecule has 0 amide bonds. The predicted molar refractivity (Wildman–Crippen MR) is 87.6 cm³/mol. The second-order valence-corrected chi connectivity index (χ2v) is 6.88. The Balaban J connectivity index is 3.32. The lowest BCUT2D eigenvalue weighted by molar-refractivity contribution is 0.208. The molecule has 21 heavy (non-hydrogen) atoms. The highest BCUT2D eigenvalue weighted by molar-refractivity contribution is 7.81. The molecule has 0 atom stereocenters. The Kier molecular flexibility index (Phi) is 14.7. The maximum absolute atomic E-state index is 11.4. The Hall–Kier alpha value is -0.130. The van der Waals surface area contributed by atoms with Gasteiger partial charge in [0.1, 0.15) is 0 Å². The summed E-state index contributed by atoms with van der Waals surface area (Å²) in [7, 11) is -3.77. The lowest BCUT2D eigenvalue weighted by atomic mass is 10.1. The van der Waals surface area contributed by atoms with Crippen LogP contribution in [0, 0.1) is 0 Å². The summed E-state index contributed by atoms with van der Waals surface area (Å²) in [4.78, 5) is 0. The van der Waals surface area contributed by atoms with Gasteiger partial charge in [-0.05, 0) is 12.8 Å². The molecule has 0 N–H and O–H groups in total. The minimum atomic E-state index is -3.77. The van der Waals surface area contributed by atoms with Crippen molar-refractivity contribution in [1.29, 1.82) is 0 Å². The first kappa shape index (κ1) is 20.9. The smallest absolute Gasteiger partial charge is 0.248 e. The summed E-state index contributed by atoms with van der Waals surface area (Å²) in [6.45, 7) is 4.76. The van der Waals surface area contributed by atoms with Gasteiger partial charge in [0.15, 0.2) is 0 Å². The van der Waals surface area contributed by atoms with Gasteiger partial charge in [0.2, 0.25) is 0 Å². The fraction of sp³-hybridized carbons (Fsp3) is 1.00. The zero-order valence-corrected chi connectivity index (χ0v) is 14.8. The molecule has 0 fully saturated rings.